The third-order valence-corrected chi connectivity index (χ3v) is 4.60. The van der Waals surface area contributed by atoms with Gasteiger partial charge in [0.1, 0.15) is 6.61 Å². The van der Waals surface area contributed by atoms with Gasteiger partial charge in [0.05, 0.1) is 25.3 Å². The fraction of sp³-hybridized carbons (Fsp3) is 0.308. The molecule has 1 aromatic carbocycles. The number of nitro benzene ring substituents is 1. The molecule has 0 amide bonds. The van der Waals surface area contributed by atoms with Crippen molar-refractivity contribution in [3.05, 3.63) is 48.6 Å². The summed E-state index contributed by atoms with van der Waals surface area (Å²) in [5.74, 6) is 0.218. The molecule has 21 heavy (non-hydrogen) atoms. The summed E-state index contributed by atoms with van der Waals surface area (Å²) in [7, 11) is 0. The minimum Gasteiger partial charge on any atom is -0.479 e. The predicted molar refractivity (Wildman–Crippen MR) is 85.5 cm³/mol. The van der Waals surface area contributed by atoms with Crippen molar-refractivity contribution in [2.24, 2.45) is 0 Å². The molecule has 0 saturated carbocycles. The molecule has 0 bridgehead atoms. The number of hydrogen-bond donors (Lipinski definition) is 0. The van der Waals surface area contributed by atoms with Gasteiger partial charge in [0.15, 0.2) is 0 Å². The second kappa shape index (κ2) is 6.57. The Kier molecular flexibility index (Phi) is 5.00. The van der Waals surface area contributed by atoms with Crippen LogP contribution in [0.2, 0.25) is 0 Å². The van der Waals surface area contributed by atoms with Crippen molar-refractivity contribution in [1.82, 2.24) is 9.78 Å². The Labute approximate surface area is 138 Å². The Bertz CT molecular complexity index is 686. The second-order valence-corrected chi connectivity index (χ2v) is 5.94. The topological polar surface area (TPSA) is 70.2 Å². The van der Waals surface area contributed by atoms with Gasteiger partial charge in [-0.1, -0.05) is 6.07 Å². The van der Waals surface area contributed by atoms with Gasteiger partial charge in [-0.15, -0.1) is 0 Å². The van der Waals surface area contributed by atoms with Gasteiger partial charge in [0, 0.05) is 12.6 Å². The normalized spacial score (nSPS) is 10.7. The van der Waals surface area contributed by atoms with Crippen LogP contribution in [-0.4, -0.2) is 14.7 Å². The molecule has 112 valence electrons. The van der Waals surface area contributed by atoms with E-state index in [0.717, 1.165) is 15.9 Å². The molecule has 0 N–H and O–H groups in total. The van der Waals surface area contributed by atoms with E-state index in [4.69, 9.17) is 4.74 Å². The summed E-state index contributed by atoms with van der Waals surface area (Å²) in [6.07, 6.45) is 0. The molecule has 8 heteroatoms. The average molecular weight is 419 g/mol. The van der Waals surface area contributed by atoms with Crippen molar-refractivity contribution in [2.75, 3.05) is 0 Å². The highest BCUT2D eigenvalue weighted by molar-refractivity contribution is 9.10. The average Bonchev–Trinajstić information content (AvgIpc) is 2.72. The number of aromatic nitrogens is 2. The third-order valence-electron chi connectivity index (χ3n) is 2.95. The molecule has 2 aromatic rings. The predicted octanol–water partition coefficient (Wildman–Crippen LogP) is 4.22. The first-order chi connectivity index (χ1) is 9.95. The van der Waals surface area contributed by atoms with Crippen molar-refractivity contribution in [3.63, 3.8) is 0 Å². The van der Waals surface area contributed by atoms with E-state index in [1.54, 1.807) is 12.1 Å². The summed E-state index contributed by atoms with van der Waals surface area (Å²) >= 11 is 6.76. The number of para-hydroxylation sites is 1. The first kappa shape index (κ1) is 16.0. The minimum atomic E-state index is -0.461. The van der Waals surface area contributed by atoms with E-state index in [1.807, 2.05) is 18.5 Å². The first-order valence-corrected chi connectivity index (χ1v) is 7.81. The lowest BCUT2D eigenvalue weighted by Crippen LogP contribution is -2.07. The minimum absolute atomic E-state index is 0.0696. The SMILES string of the molecule is CCn1nc(C)c(Br)c1COc1c(Br)cccc1[N+](=O)[O-]. The largest absolute Gasteiger partial charge is 0.479 e. The number of benzene rings is 1. The molecule has 2 rings (SSSR count). The van der Waals surface area contributed by atoms with E-state index >= 15 is 0 Å². The summed E-state index contributed by atoms with van der Waals surface area (Å²) in [5, 5.41) is 15.4. The number of rotatable bonds is 5. The van der Waals surface area contributed by atoms with Crippen LogP contribution in [0.3, 0.4) is 0 Å². The summed E-state index contributed by atoms with van der Waals surface area (Å²) in [6.45, 7) is 4.76. The highest BCUT2D eigenvalue weighted by atomic mass is 79.9. The van der Waals surface area contributed by atoms with E-state index in [0.29, 0.717) is 11.0 Å². The molecule has 0 aliphatic heterocycles. The zero-order valence-electron chi connectivity index (χ0n) is 11.5. The van der Waals surface area contributed by atoms with E-state index in [1.165, 1.54) is 6.07 Å². The second-order valence-electron chi connectivity index (χ2n) is 4.30. The smallest absolute Gasteiger partial charge is 0.312 e. The van der Waals surface area contributed by atoms with Gasteiger partial charge in [-0.25, -0.2) is 0 Å². The summed E-state index contributed by atoms with van der Waals surface area (Å²) < 4.78 is 8.89. The number of hydrogen-bond acceptors (Lipinski definition) is 4. The maximum atomic E-state index is 11.1. The van der Waals surface area contributed by atoms with E-state index in [2.05, 4.69) is 37.0 Å². The lowest BCUT2D eigenvalue weighted by molar-refractivity contribution is -0.386. The number of ether oxygens (including phenoxy) is 1. The molecule has 0 spiro atoms. The summed E-state index contributed by atoms with van der Waals surface area (Å²) in [4.78, 5) is 10.6. The first-order valence-electron chi connectivity index (χ1n) is 6.23. The van der Waals surface area contributed by atoms with Crippen LogP contribution in [0.25, 0.3) is 0 Å². The molecule has 1 heterocycles. The molecular formula is C13H13Br2N3O3. The van der Waals surface area contributed by atoms with Crippen LogP contribution in [0.4, 0.5) is 5.69 Å². The Morgan fingerprint density at radius 2 is 2.14 bits per heavy atom. The van der Waals surface area contributed by atoms with Gasteiger partial charge < -0.3 is 4.74 Å². The third kappa shape index (κ3) is 3.26. The fourth-order valence-corrected chi connectivity index (χ4v) is 2.80. The lowest BCUT2D eigenvalue weighted by Gasteiger charge is -2.10. The van der Waals surface area contributed by atoms with Crippen LogP contribution in [-0.2, 0) is 13.2 Å². The summed E-state index contributed by atoms with van der Waals surface area (Å²) in [6, 6.07) is 4.72. The Balaban J connectivity index is 2.31. The lowest BCUT2D eigenvalue weighted by atomic mass is 10.3. The molecule has 0 saturated heterocycles. The van der Waals surface area contributed by atoms with E-state index in [9.17, 15) is 10.1 Å². The highest BCUT2D eigenvalue weighted by Gasteiger charge is 2.20. The Morgan fingerprint density at radius 1 is 1.43 bits per heavy atom. The molecule has 0 aliphatic rings. The van der Waals surface area contributed by atoms with Crippen LogP contribution in [0.15, 0.2) is 27.1 Å². The van der Waals surface area contributed by atoms with Crippen LogP contribution >= 0.6 is 31.9 Å². The number of aryl methyl sites for hydroxylation is 2. The van der Waals surface area contributed by atoms with Crippen LogP contribution in [0.5, 0.6) is 5.75 Å². The van der Waals surface area contributed by atoms with Gasteiger partial charge in [-0.05, 0) is 51.8 Å². The van der Waals surface area contributed by atoms with Crippen LogP contribution in [0.1, 0.15) is 18.3 Å². The molecule has 6 nitrogen and oxygen atoms in total. The van der Waals surface area contributed by atoms with Gasteiger partial charge in [0.2, 0.25) is 5.75 Å². The van der Waals surface area contributed by atoms with Gasteiger partial charge >= 0.3 is 5.69 Å². The van der Waals surface area contributed by atoms with Crippen LogP contribution in [0, 0.1) is 17.0 Å². The molecule has 0 fully saturated rings. The van der Waals surface area contributed by atoms with Crippen molar-refractivity contribution >= 4 is 37.5 Å². The fourth-order valence-electron chi connectivity index (χ4n) is 1.93. The summed E-state index contributed by atoms with van der Waals surface area (Å²) in [5.41, 5.74) is 1.64. The maximum Gasteiger partial charge on any atom is 0.312 e. The number of halogens is 2. The Morgan fingerprint density at radius 3 is 2.76 bits per heavy atom. The van der Waals surface area contributed by atoms with Gasteiger partial charge in [-0.3, -0.25) is 14.8 Å². The van der Waals surface area contributed by atoms with Crippen molar-refractivity contribution in [2.45, 2.75) is 27.0 Å². The molecule has 0 atom stereocenters. The van der Waals surface area contributed by atoms with E-state index in [-0.39, 0.29) is 18.0 Å². The van der Waals surface area contributed by atoms with E-state index < -0.39 is 4.92 Å². The maximum absolute atomic E-state index is 11.1. The monoisotopic (exact) mass is 417 g/mol. The van der Waals surface area contributed by atoms with Gasteiger partial charge in [0.25, 0.3) is 0 Å². The van der Waals surface area contributed by atoms with Crippen molar-refractivity contribution < 1.29 is 9.66 Å². The molecule has 1 aromatic heterocycles. The molecule has 0 aliphatic carbocycles. The zero-order valence-corrected chi connectivity index (χ0v) is 14.6. The number of nitro groups is 1. The Hall–Kier alpha value is -1.41. The standard InChI is InChI=1S/C13H13Br2N3O3/c1-3-17-11(12(15)8(2)16-17)7-21-13-9(14)5-4-6-10(13)18(19)20/h4-6H,3,7H2,1-2H3. The zero-order chi connectivity index (χ0) is 15.6. The van der Waals surface area contributed by atoms with Crippen molar-refractivity contribution in [1.29, 1.82) is 0 Å². The van der Waals surface area contributed by atoms with Crippen LogP contribution < -0.4 is 4.74 Å². The van der Waals surface area contributed by atoms with Crippen molar-refractivity contribution in [3.8, 4) is 5.75 Å². The molecule has 0 unspecified atom stereocenters. The van der Waals surface area contributed by atoms with Gasteiger partial charge in [-0.2, -0.15) is 5.10 Å². The quantitative estimate of drug-likeness (QED) is 0.538. The highest BCUT2D eigenvalue weighted by Crippen LogP contribution is 2.35. The molecule has 0 radical (unpaired) electrons. The molecular weight excluding hydrogens is 406 g/mol. The number of nitrogens with zero attached hydrogens (tertiary/aromatic N) is 3.